The van der Waals surface area contributed by atoms with Crippen molar-refractivity contribution < 1.29 is 20.1 Å². The maximum atomic E-state index is 11.7. The van der Waals surface area contributed by atoms with Gasteiger partial charge in [0.1, 0.15) is 11.5 Å². The van der Waals surface area contributed by atoms with Crippen LogP contribution in [-0.2, 0) is 30.7 Å². The number of carboxylic acids is 1. The van der Waals surface area contributed by atoms with Crippen molar-refractivity contribution in [2.75, 3.05) is 6.54 Å². The van der Waals surface area contributed by atoms with Gasteiger partial charge in [0.15, 0.2) is 0 Å². The highest BCUT2D eigenvalue weighted by molar-refractivity contribution is 5.69. The summed E-state index contributed by atoms with van der Waals surface area (Å²) < 4.78 is 0. The molecule has 0 aliphatic rings. The molecule has 39 heavy (non-hydrogen) atoms. The first-order valence-electron chi connectivity index (χ1n) is 15.5. The molecule has 5 heteroatoms. The number of carboxylic acid groups (broad SMARTS) is 1. The number of phenols is 2. The Morgan fingerprint density at radius 2 is 1.00 bits per heavy atom. The van der Waals surface area contributed by atoms with Crippen LogP contribution in [0.5, 0.6) is 11.5 Å². The zero-order chi connectivity index (χ0) is 28.3. The molecule has 3 N–H and O–H groups in total. The van der Waals surface area contributed by atoms with Crippen LogP contribution in [0.3, 0.4) is 0 Å². The molecule has 0 amide bonds. The number of aryl methyl sites for hydroxylation is 2. The number of carbonyl (C=O) groups is 1. The quantitative estimate of drug-likeness (QED) is 0.130. The average Bonchev–Trinajstić information content (AvgIpc) is 2.90. The summed E-state index contributed by atoms with van der Waals surface area (Å²) in [6.45, 7) is 4.92. The second-order valence-corrected chi connectivity index (χ2v) is 11.2. The summed E-state index contributed by atoms with van der Waals surface area (Å²) in [4.78, 5) is 13.4. The van der Waals surface area contributed by atoms with Crippen LogP contribution >= 0.6 is 0 Å². The maximum absolute atomic E-state index is 11.7. The highest BCUT2D eigenvalue weighted by Crippen LogP contribution is 2.26. The summed E-state index contributed by atoms with van der Waals surface area (Å²) in [5.41, 5.74) is 3.81. The Labute approximate surface area is 237 Å². The number of hydrogen-bond acceptors (Lipinski definition) is 4. The smallest absolute Gasteiger partial charge is 0.317 e. The van der Waals surface area contributed by atoms with Crippen molar-refractivity contribution in [3.05, 3.63) is 58.7 Å². The topological polar surface area (TPSA) is 81.0 Å². The molecule has 0 spiro atoms. The second-order valence-electron chi connectivity index (χ2n) is 11.2. The van der Waals surface area contributed by atoms with Gasteiger partial charge < -0.3 is 15.3 Å². The Balaban J connectivity index is 1.96. The highest BCUT2D eigenvalue weighted by Gasteiger charge is 2.16. The van der Waals surface area contributed by atoms with Crippen molar-refractivity contribution in [3.63, 3.8) is 0 Å². The molecule has 0 aliphatic heterocycles. The molecule has 0 heterocycles. The normalized spacial score (nSPS) is 11.4. The van der Waals surface area contributed by atoms with Crippen molar-refractivity contribution in [2.24, 2.45) is 0 Å². The minimum Gasteiger partial charge on any atom is -0.508 e. The van der Waals surface area contributed by atoms with Crippen LogP contribution in [0, 0.1) is 0 Å². The summed E-state index contributed by atoms with van der Waals surface area (Å²) in [6.07, 6.45) is 19.5. The number of nitrogens with zero attached hydrogens (tertiary/aromatic N) is 1. The lowest BCUT2D eigenvalue weighted by Gasteiger charge is -2.22. The Bertz CT molecular complexity index is 889. The van der Waals surface area contributed by atoms with Crippen LogP contribution in [0.1, 0.15) is 126 Å². The van der Waals surface area contributed by atoms with E-state index in [0.29, 0.717) is 13.1 Å². The van der Waals surface area contributed by atoms with Gasteiger partial charge in [-0.3, -0.25) is 9.69 Å². The fourth-order valence-corrected chi connectivity index (χ4v) is 5.26. The Morgan fingerprint density at radius 1 is 0.615 bits per heavy atom. The predicted octanol–water partition coefficient (Wildman–Crippen LogP) is 8.77. The maximum Gasteiger partial charge on any atom is 0.317 e. The molecule has 0 aliphatic carbocycles. The minimum absolute atomic E-state index is 0.164. The van der Waals surface area contributed by atoms with Crippen molar-refractivity contribution in [2.45, 2.75) is 130 Å². The molecule has 0 saturated heterocycles. The van der Waals surface area contributed by atoms with Crippen LogP contribution in [0.15, 0.2) is 36.4 Å². The van der Waals surface area contributed by atoms with Gasteiger partial charge in [-0.2, -0.15) is 0 Å². The van der Waals surface area contributed by atoms with E-state index in [4.69, 9.17) is 0 Å². The minimum atomic E-state index is -0.924. The summed E-state index contributed by atoms with van der Waals surface area (Å²) in [7, 11) is 0. The molecule has 0 bridgehead atoms. The van der Waals surface area contributed by atoms with Crippen LogP contribution in [-0.4, -0.2) is 32.7 Å². The van der Waals surface area contributed by atoms with Crippen LogP contribution in [0.4, 0.5) is 0 Å². The van der Waals surface area contributed by atoms with E-state index in [1.165, 1.54) is 88.2 Å². The zero-order valence-electron chi connectivity index (χ0n) is 24.6. The average molecular weight is 540 g/mol. The predicted molar refractivity (Wildman–Crippen MR) is 161 cm³/mol. The van der Waals surface area contributed by atoms with Gasteiger partial charge in [-0.15, -0.1) is 0 Å². The third-order valence-corrected chi connectivity index (χ3v) is 7.57. The number of hydrogen-bond donors (Lipinski definition) is 3. The molecule has 0 radical (unpaired) electrons. The van der Waals surface area contributed by atoms with E-state index in [9.17, 15) is 20.1 Å². The largest absolute Gasteiger partial charge is 0.508 e. The first-order valence-corrected chi connectivity index (χ1v) is 15.5. The van der Waals surface area contributed by atoms with Gasteiger partial charge in [0, 0.05) is 24.2 Å². The molecular weight excluding hydrogens is 486 g/mol. The lowest BCUT2D eigenvalue weighted by molar-refractivity contribution is -0.138. The molecule has 0 atom stereocenters. The van der Waals surface area contributed by atoms with E-state index in [1.807, 2.05) is 24.3 Å². The fourth-order valence-electron chi connectivity index (χ4n) is 5.26. The zero-order valence-corrected chi connectivity index (χ0v) is 24.6. The number of phenolic OH excluding ortho intramolecular Hbond substituents is 2. The number of unbranched alkanes of at least 4 members (excludes halogenated alkanes) is 12. The summed E-state index contributed by atoms with van der Waals surface area (Å²) in [5.74, 6) is -0.552. The Hall–Kier alpha value is -2.53. The Morgan fingerprint density at radius 3 is 1.38 bits per heavy atom. The van der Waals surface area contributed by atoms with Gasteiger partial charge in [0.2, 0.25) is 0 Å². The molecule has 5 nitrogen and oxygen atoms in total. The van der Waals surface area contributed by atoms with E-state index in [-0.39, 0.29) is 18.0 Å². The first-order chi connectivity index (χ1) is 18.9. The number of aliphatic carboxylic acids is 1. The lowest BCUT2D eigenvalue weighted by Crippen LogP contribution is -2.29. The van der Waals surface area contributed by atoms with Gasteiger partial charge >= 0.3 is 5.97 Å². The molecule has 0 unspecified atom stereocenters. The van der Waals surface area contributed by atoms with E-state index < -0.39 is 5.97 Å². The van der Waals surface area contributed by atoms with Crippen molar-refractivity contribution >= 4 is 5.97 Å². The molecule has 2 aromatic carbocycles. The van der Waals surface area contributed by atoms with Crippen LogP contribution in [0.25, 0.3) is 0 Å². The van der Waals surface area contributed by atoms with Gasteiger partial charge in [0.25, 0.3) is 0 Å². The van der Waals surface area contributed by atoms with Crippen LogP contribution < -0.4 is 0 Å². The van der Waals surface area contributed by atoms with E-state index in [0.717, 1.165) is 36.8 Å². The number of aromatic hydroxyl groups is 2. The summed E-state index contributed by atoms with van der Waals surface area (Å²) in [6, 6.07) is 11.4. The molecule has 218 valence electrons. The molecule has 2 aromatic rings. The summed E-state index contributed by atoms with van der Waals surface area (Å²) in [5, 5.41) is 30.6. The second kappa shape index (κ2) is 19.5. The third-order valence-electron chi connectivity index (χ3n) is 7.57. The molecule has 2 rings (SSSR count). The number of rotatable bonds is 22. The molecular formula is C34H53NO4. The summed E-state index contributed by atoms with van der Waals surface area (Å²) >= 11 is 0. The van der Waals surface area contributed by atoms with Crippen molar-refractivity contribution in [3.8, 4) is 11.5 Å². The SMILES string of the molecule is CCCCCCCCCc1ccc(O)c(CN(CC(=O)O)Cc2cc(CCCCCCCCC)ccc2O)c1. The van der Waals surface area contributed by atoms with Gasteiger partial charge in [0.05, 0.1) is 6.54 Å². The fraction of sp³-hybridized carbons (Fsp3) is 0.618. The first kappa shape index (κ1) is 32.7. The van der Waals surface area contributed by atoms with E-state index in [2.05, 4.69) is 13.8 Å². The van der Waals surface area contributed by atoms with Gasteiger partial charge in [-0.1, -0.05) is 115 Å². The van der Waals surface area contributed by atoms with Crippen molar-refractivity contribution in [1.82, 2.24) is 4.90 Å². The molecule has 0 aromatic heterocycles. The van der Waals surface area contributed by atoms with Gasteiger partial charge in [-0.05, 0) is 48.9 Å². The van der Waals surface area contributed by atoms with Gasteiger partial charge in [-0.25, -0.2) is 0 Å². The number of benzene rings is 2. The van der Waals surface area contributed by atoms with Crippen molar-refractivity contribution in [1.29, 1.82) is 0 Å². The molecule has 0 saturated carbocycles. The third kappa shape index (κ3) is 13.9. The standard InChI is InChI=1S/C34H53NO4/c1-3-5-7-9-11-13-15-17-28-19-21-32(36)30(23-28)25-35(27-34(38)39)26-31-24-29(20-22-33(31)37)18-16-14-12-10-8-6-4-2/h19-24,36-37H,3-18,25-27H2,1-2H3,(H,38,39). The highest BCUT2D eigenvalue weighted by atomic mass is 16.4. The van der Waals surface area contributed by atoms with E-state index >= 15 is 0 Å². The molecule has 0 fully saturated rings. The lowest BCUT2D eigenvalue weighted by atomic mass is 10.0. The monoisotopic (exact) mass is 539 g/mol. The Kier molecular flexibility index (Phi) is 16.4. The van der Waals surface area contributed by atoms with E-state index in [1.54, 1.807) is 17.0 Å². The van der Waals surface area contributed by atoms with Crippen LogP contribution in [0.2, 0.25) is 0 Å².